The minimum Gasteiger partial charge on any atom is -0.384 e. The van der Waals surface area contributed by atoms with E-state index < -0.39 is 0 Å². The van der Waals surface area contributed by atoms with Crippen LogP contribution in [0.4, 0.5) is 5.82 Å². The van der Waals surface area contributed by atoms with E-state index in [-0.39, 0.29) is 5.84 Å². The number of hydrogen-bond acceptors (Lipinski definition) is 3. The number of anilines is 1. The molecule has 1 aromatic heterocycles. The number of amidine groups is 1. The number of nitrogens with two attached hydrogens (primary N) is 1. The van der Waals surface area contributed by atoms with Crippen LogP contribution >= 0.6 is 0 Å². The second kappa shape index (κ2) is 4.12. The molecule has 1 fully saturated rings. The fraction of sp³-hybridized carbons (Fsp3) is 0.500. The molecule has 0 bridgehead atoms. The SMILES string of the molecule is CC1CC1CN(C)c1ccc(C(=N)N)cn1. The zero-order chi connectivity index (χ0) is 11.7. The fourth-order valence-electron chi connectivity index (χ4n) is 1.87. The Hall–Kier alpha value is -1.58. The van der Waals surface area contributed by atoms with Crippen molar-refractivity contribution in [3.8, 4) is 0 Å². The lowest BCUT2D eigenvalue weighted by molar-refractivity contribution is 0.719. The summed E-state index contributed by atoms with van der Waals surface area (Å²) in [5.74, 6) is 2.69. The summed E-state index contributed by atoms with van der Waals surface area (Å²) in [5, 5.41) is 7.29. The molecular formula is C12H18N4. The van der Waals surface area contributed by atoms with Crippen LogP contribution in [0, 0.1) is 17.2 Å². The van der Waals surface area contributed by atoms with Gasteiger partial charge in [0.2, 0.25) is 0 Å². The summed E-state index contributed by atoms with van der Waals surface area (Å²) in [5.41, 5.74) is 6.06. The van der Waals surface area contributed by atoms with Crippen molar-refractivity contribution in [2.45, 2.75) is 13.3 Å². The molecule has 4 heteroatoms. The summed E-state index contributed by atoms with van der Waals surface area (Å²) in [7, 11) is 2.06. The van der Waals surface area contributed by atoms with Crippen molar-refractivity contribution in [2.24, 2.45) is 17.6 Å². The summed E-state index contributed by atoms with van der Waals surface area (Å²) in [4.78, 5) is 6.48. The molecule has 0 aromatic carbocycles. The first-order valence-electron chi connectivity index (χ1n) is 5.59. The summed E-state index contributed by atoms with van der Waals surface area (Å²) < 4.78 is 0. The number of nitrogens with one attached hydrogen (secondary N) is 1. The number of nitrogen functional groups attached to an aromatic ring is 1. The quantitative estimate of drug-likeness (QED) is 0.594. The van der Waals surface area contributed by atoms with Crippen LogP contribution in [-0.4, -0.2) is 24.4 Å². The summed E-state index contributed by atoms with van der Waals surface area (Å²) in [6, 6.07) is 3.77. The molecule has 86 valence electrons. The third kappa shape index (κ3) is 2.32. The number of hydrogen-bond donors (Lipinski definition) is 2. The Morgan fingerprint density at radius 1 is 1.62 bits per heavy atom. The van der Waals surface area contributed by atoms with Crippen molar-refractivity contribution < 1.29 is 0 Å². The van der Waals surface area contributed by atoms with Gasteiger partial charge < -0.3 is 10.6 Å². The van der Waals surface area contributed by atoms with E-state index in [0.29, 0.717) is 5.56 Å². The third-order valence-corrected chi connectivity index (χ3v) is 3.23. The van der Waals surface area contributed by atoms with Gasteiger partial charge in [-0.25, -0.2) is 4.98 Å². The van der Waals surface area contributed by atoms with Gasteiger partial charge in [-0.2, -0.15) is 0 Å². The average Bonchev–Trinajstić information content (AvgIpc) is 2.94. The highest BCUT2D eigenvalue weighted by Gasteiger charge is 2.33. The van der Waals surface area contributed by atoms with E-state index in [0.717, 1.165) is 24.2 Å². The number of nitrogens with zero attached hydrogens (tertiary/aromatic N) is 2. The first-order valence-corrected chi connectivity index (χ1v) is 5.59. The Kier molecular flexibility index (Phi) is 2.81. The van der Waals surface area contributed by atoms with Crippen molar-refractivity contribution >= 4 is 11.7 Å². The van der Waals surface area contributed by atoms with Crippen molar-refractivity contribution in [1.29, 1.82) is 5.41 Å². The number of rotatable bonds is 4. The zero-order valence-corrected chi connectivity index (χ0v) is 9.77. The lowest BCUT2D eigenvalue weighted by Crippen LogP contribution is -2.22. The van der Waals surface area contributed by atoms with Crippen LogP contribution in [0.5, 0.6) is 0 Å². The van der Waals surface area contributed by atoms with Crippen LogP contribution in [0.3, 0.4) is 0 Å². The highest BCUT2D eigenvalue weighted by molar-refractivity contribution is 5.94. The summed E-state index contributed by atoms with van der Waals surface area (Å²) >= 11 is 0. The van der Waals surface area contributed by atoms with Crippen LogP contribution in [0.15, 0.2) is 18.3 Å². The van der Waals surface area contributed by atoms with Gasteiger partial charge in [0.25, 0.3) is 0 Å². The molecule has 1 aliphatic carbocycles. The van der Waals surface area contributed by atoms with Gasteiger partial charge in [0.05, 0.1) is 0 Å². The van der Waals surface area contributed by atoms with Gasteiger partial charge in [0.15, 0.2) is 0 Å². The Labute approximate surface area is 96.0 Å². The fourth-order valence-corrected chi connectivity index (χ4v) is 1.87. The average molecular weight is 218 g/mol. The number of pyridine rings is 1. The van der Waals surface area contributed by atoms with E-state index in [9.17, 15) is 0 Å². The molecule has 0 amide bonds. The highest BCUT2D eigenvalue weighted by atomic mass is 15.2. The predicted molar refractivity (Wildman–Crippen MR) is 65.8 cm³/mol. The Bertz CT molecular complexity index is 385. The van der Waals surface area contributed by atoms with Gasteiger partial charge in [-0.15, -0.1) is 0 Å². The Balaban J connectivity index is 2.00. The van der Waals surface area contributed by atoms with E-state index in [4.69, 9.17) is 11.1 Å². The van der Waals surface area contributed by atoms with Crippen molar-refractivity contribution in [3.63, 3.8) is 0 Å². The minimum absolute atomic E-state index is 0.0671. The first kappa shape index (κ1) is 10.9. The highest BCUT2D eigenvalue weighted by Crippen LogP contribution is 2.38. The number of aromatic nitrogens is 1. The van der Waals surface area contributed by atoms with Gasteiger partial charge in [0.1, 0.15) is 11.7 Å². The van der Waals surface area contributed by atoms with Crippen molar-refractivity contribution in [1.82, 2.24) is 4.98 Å². The molecule has 2 unspecified atom stereocenters. The lowest BCUT2D eigenvalue weighted by Gasteiger charge is -2.18. The topological polar surface area (TPSA) is 66.0 Å². The normalized spacial score (nSPS) is 22.9. The van der Waals surface area contributed by atoms with Crippen molar-refractivity contribution in [2.75, 3.05) is 18.5 Å². The molecule has 4 nitrogen and oxygen atoms in total. The van der Waals surface area contributed by atoms with Crippen LogP contribution in [0.25, 0.3) is 0 Å². The molecular weight excluding hydrogens is 200 g/mol. The molecule has 0 saturated heterocycles. The maximum Gasteiger partial charge on any atom is 0.128 e. The van der Waals surface area contributed by atoms with Crippen LogP contribution < -0.4 is 10.6 Å². The third-order valence-electron chi connectivity index (χ3n) is 3.23. The zero-order valence-electron chi connectivity index (χ0n) is 9.77. The molecule has 2 atom stereocenters. The second-order valence-electron chi connectivity index (χ2n) is 4.67. The molecule has 1 aliphatic rings. The Morgan fingerprint density at radius 3 is 2.75 bits per heavy atom. The van der Waals surface area contributed by atoms with Gasteiger partial charge in [-0.3, -0.25) is 5.41 Å². The Morgan fingerprint density at radius 2 is 2.31 bits per heavy atom. The van der Waals surface area contributed by atoms with Crippen LogP contribution in [0.1, 0.15) is 18.9 Å². The van der Waals surface area contributed by atoms with Gasteiger partial charge >= 0.3 is 0 Å². The van der Waals surface area contributed by atoms with E-state index >= 15 is 0 Å². The molecule has 2 rings (SSSR count). The van der Waals surface area contributed by atoms with Gasteiger partial charge in [-0.05, 0) is 30.4 Å². The minimum atomic E-state index is 0.0671. The predicted octanol–water partition coefficient (Wildman–Crippen LogP) is 1.46. The van der Waals surface area contributed by atoms with Gasteiger partial charge in [0, 0.05) is 25.4 Å². The van der Waals surface area contributed by atoms with Crippen molar-refractivity contribution in [3.05, 3.63) is 23.9 Å². The summed E-state index contributed by atoms with van der Waals surface area (Å²) in [6.45, 7) is 3.35. The molecule has 0 radical (unpaired) electrons. The maximum atomic E-state index is 7.29. The second-order valence-corrected chi connectivity index (χ2v) is 4.67. The van der Waals surface area contributed by atoms with E-state index in [1.54, 1.807) is 6.20 Å². The standard InChI is InChI=1S/C12H18N4/c1-8-5-10(8)7-16(2)11-4-3-9(6-15-11)12(13)14/h3-4,6,8,10H,5,7H2,1-2H3,(H3,13,14). The van der Waals surface area contributed by atoms with Crippen LogP contribution in [0.2, 0.25) is 0 Å². The van der Waals surface area contributed by atoms with Crippen LogP contribution in [-0.2, 0) is 0 Å². The molecule has 1 heterocycles. The lowest BCUT2D eigenvalue weighted by atomic mass is 10.2. The monoisotopic (exact) mass is 218 g/mol. The molecule has 1 aromatic rings. The van der Waals surface area contributed by atoms with Gasteiger partial charge in [-0.1, -0.05) is 6.92 Å². The van der Waals surface area contributed by atoms with E-state index in [2.05, 4.69) is 23.9 Å². The molecule has 16 heavy (non-hydrogen) atoms. The van der Waals surface area contributed by atoms with E-state index in [1.807, 2.05) is 12.1 Å². The summed E-state index contributed by atoms with van der Waals surface area (Å²) in [6.07, 6.45) is 2.99. The maximum absolute atomic E-state index is 7.29. The smallest absolute Gasteiger partial charge is 0.128 e. The molecule has 0 aliphatic heterocycles. The first-order chi connectivity index (χ1) is 7.58. The van der Waals surface area contributed by atoms with E-state index in [1.165, 1.54) is 6.42 Å². The molecule has 1 saturated carbocycles. The largest absolute Gasteiger partial charge is 0.384 e. The molecule has 0 spiro atoms. The molecule has 3 N–H and O–H groups in total.